The largest absolute Gasteiger partial charge is 0.481 e. The third-order valence-corrected chi connectivity index (χ3v) is 4.10. The van der Waals surface area contributed by atoms with Gasteiger partial charge in [0.05, 0.1) is 18.8 Å². The van der Waals surface area contributed by atoms with Gasteiger partial charge in [0, 0.05) is 29.4 Å². The predicted octanol–water partition coefficient (Wildman–Crippen LogP) is 3.08. The molecule has 3 heterocycles. The Morgan fingerprint density at radius 1 is 1.19 bits per heavy atom. The molecule has 1 aromatic carbocycles. The van der Waals surface area contributed by atoms with Crippen molar-refractivity contribution in [2.75, 3.05) is 7.11 Å². The Balaban J connectivity index is 1.89. The molecule has 0 unspecified atom stereocenters. The lowest BCUT2D eigenvalue weighted by atomic mass is 10.0. The molecule has 4 rings (SSSR count). The van der Waals surface area contributed by atoms with Crippen molar-refractivity contribution in [1.82, 2.24) is 19.6 Å². The Bertz CT molecular complexity index is 1210. The minimum absolute atomic E-state index is 0.570. The molecule has 6 heteroatoms. The van der Waals surface area contributed by atoms with Crippen LogP contribution in [0.5, 0.6) is 5.88 Å². The summed E-state index contributed by atoms with van der Waals surface area (Å²) >= 11 is 0. The number of hydrogen-bond donors (Lipinski definition) is 1. The van der Waals surface area contributed by atoms with Crippen molar-refractivity contribution < 1.29 is 9.84 Å². The van der Waals surface area contributed by atoms with E-state index in [1.165, 1.54) is 0 Å². The third-order valence-electron chi connectivity index (χ3n) is 4.10. The average Bonchev–Trinajstić information content (AvgIpc) is 3.09. The van der Waals surface area contributed by atoms with E-state index >= 15 is 0 Å². The summed E-state index contributed by atoms with van der Waals surface area (Å²) in [5, 5.41) is 15.3. The molecule has 0 atom stereocenters. The molecule has 6 nitrogen and oxygen atoms in total. The molecular weight excluding hydrogens is 340 g/mol. The Morgan fingerprint density at radius 3 is 2.81 bits per heavy atom. The van der Waals surface area contributed by atoms with Crippen LogP contribution < -0.4 is 4.74 Å². The SMILES string of the molecule is COc1ccc2cc(-c3cnn4ccnc(C#CC(C)(C)O)c34)ccc2n1. The molecule has 0 fully saturated rings. The molecule has 3 aromatic heterocycles. The van der Waals surface area contributed by atoms with Gasteiger partial charge in [-0.25, -0.2) is 14.5 Å². The van der Waals surface area contributed by atoms with E-state index in [1.54, 1.807) is 44.1 Å². The van der Waals surface area contributed by atoms with Crippen LogP contribution in [0.25, 0.3) is 27.5 Å². The predicted molar refractivity (Wildman–Crippen MR) is 103 cm³/mol. The number of hydrogen-bond acceptors (Lipinski definition) is 5. The van der Waals surface area contributed by atoms with Gasteiger partial charge in [-0.15, -0.1) is 0 Å². The minimum atomic E-state index is -1.09. The van der Waals surface area contributed by atoms with E-state index in [-0.39, 0.29) is 0 Å². The first-order chi connectivity index (χ1) is 12.9. The molecule has 0 amide bonds. The van der Waals surface area contributed by atoms with Crippen molar-refractivity contribution in [3.05, 3.63) is 54.6 Å². The second-order valence-electron chi connectivity index (χ2n) is 6.70. The number of fused-ring (bicyclic) bond motifs is 2. The van der Waals surface area contributed by atoms with E-state index in [4.69, 9.17) is 4.74 Å². The number of aliphatic hydroxyl groups is 1. The number of methoxy groups -OCH3 is 1. The maximum atomic E-state index is 9.91. The summed E-state index contributed by atoms with van der Waals surface area (Å²) in [6.45, 7) is 3.28. The lowest BCUT2D eigenvalue weighted by molar-refractivity contribution is 0.143. The van der Waals surface area contributed by atoms with E-state index in [0.717, 1.165) is 27.5 Å². The van der Waals surface area contributed by atoms with Crippen molar-refractivity contribution in [3.8, 4) is 28.8 Å². The lowest BCUT2D eigenvalue weighted by Gasteiger charge is -2.07. The summed E-state index contributed by atoms with van der Waals surface area (Å²) in [5.41, 5.74) is 3.04. The highest BCUT2D eigenvalue weighted by molar-refractivity contribution is 5.90. The Morgan fingerprint density at radius 2 is 2.04 bits per heavy atom. The zero-order valence-corrected chi connectivity index (χ0v) is 15.3. The monoisotopic (exact) mass is 358 g/mol. The van der Waals surface area contributed by atoms with Gasteiger partial charge in [-0.3, -0.25) is 0 Å². The van der Waals surface area contributed by atoms with Crippen molar-refractivity contribution in [2.45, 2.75) is 19.4 Å². The van der Waals surface area contributed by atoms with Gasteiger partial charge in [0.15, 0.2) is 0 Å². The standard InChI is InChI=1S/C21H18N4O2/c1-21(2,26)9-8-18-20-16(13-23-25(20)11-10-22-18)14-4-6-17-15(12-14)5-7-19(24-17)27-3/h4-7,10-13,26H,1-3H3. The van der Waals surface area contributed by atoms with Crippen LogP contribution in [-0.2, 0) is 0 Å². The Labute approximate surface area is 156 Å². The van der Waals surface area contributed by atoms with E-state index in [1.807, 2.05) is 24.3 Å². The maximum Gasteiger partial charge on any atom is 0.213 e. The molecular formula is C21H18N4O2. The molecule has 0 saturated carbocycles. The van der Waals surface area contributed by atoms with Gasteiger partial charge in [0.25, 0.3) is 0 Å². The molecule has 0 aliphatic heterocycles. The molecule has 0 aliphatic carbocycles. The van der Waals surface area contributed by atoms with Gasteiger partial charge in [-0.05, 0) is 43.5 Å². The Hall–Kier alpha value is -3.43. The fraction of sp³-hybridized carbons (Fsp3) is 0.190. The van der Waals surface area contributed by atoms with E-state index < -0.39 is 5.60 Å². The average molecular weight is 358 g/mol. The fourth-order valence-electron chi connectivity index (χ4n) is 2.85. The van der Waals surface area contributed by atoms with Crippen LogP contribution in [0.15, 0.2) is 48.9 Å². The summed E-state index contributed by atoms with van der Waals surface area (Å²) in [6, 6.07) is 9.81. The first-order valence-corrected chi connectivity index (χ1v) is 8.48. The molecule has 27 heavy (non-hydrogen) atoms. The van der Waals surface area contributed by atoms with Gasteiger partial charge in [0.2, 0.25) is 5.88 Å². The number of aromatic nitrogens is 4. The summed E-state index contributed by atoms with van der Waals surface area (Å²) in [6.07, 6.45) is 5.22. The van der Waals surface area contributed by atoms with Gasteiger partial charge in [-0.2, -0.15) is 5.10 Å². The Kier molecular flexibility index (Phi) is 4.02. The van der Waals surface area contributed by atoms with E-state index in [0.29, 0.717) is 11.6 Å². The van der Waals surface area contributed by atoms with Gasteiger partial charge < -0.3 is 9.84 Å². The second kappa shape index (κ2) is 6.38. The molecule has 0 radical (unpaired) electrons. The topological polar surface area (TPSA) is 72.5 Å². The van der Waals surface area contributed by atoms with Crippen LogP contribution in [0.4, 0.5) is 0 Å². The normalized spacial score (nSPS) is 11.4. The lowest BCUT2D eigenvalue weighted by Crippen LogP contribution is -2.14. The third kappa shape index (κ3) is 3.33. The van der Waals surface area contributed by atoms with Crippen molar-refractivity contribution in [3.63, 3.8) is 0 Å². The van der Waals surface area contributed by atoms with Crippen LogP contribution in [0, 0.1) is 11.8 Å². The fourth-order valence-corrected chi connectivity index (χ4v) is 2.85. The number of rotatable bonds is 2. The van der Waals surface area contributed by atoms with Crippen LogP contribution in [0.3, 0.4) is 0 Å². The molecule has 4 aromatic rings. The van der Waals surface area contributed by atoms with Gasteiger partial charge in [-0.1, -0.05) is 12.0 Å². The highest BCUT2D eigenvalue weighted by atomic mass is 16.5. The van der Waals surface area contributed by atoms with Crippen LogP contribution in [0.1, 0.15) is 19.5 Å². The summed E-state index contributed by atoms with van der Waals surface area (Å²) in [7, 11) is 1.60. The number of ether oxygens (including phenoxy) is 1. The highest BCUT2D eigenvalue weighted by Crippen LogP contribution is 2.29. The molecule has 0 bridgehead atoms. The summed E-state index contributed by atoms with van der Waals surface area (Å²) in [5.74, 6) is 6.38. The first kappa shape index (κ1) is 17.0. The highest BCUT2D eigenvalue weighted by Gasteiger charge is 2.13. The van der Waals surface area contributed by atoms with Crippen LogP contribution >= 0.6 is 0 Å². The van der Waals surface area contributed by atoms with Crippen LogP contribution in [-0.4, -0.2) is 37.4 Å². The van der Waals surface area contributed by atoms with E-state index in [9.17, 15) is 5.11 Å². The van der Waals surface area contributed by atoms with Gasteiger partial charge in [0.1, 0.15) is 16.8 Å². The summed E-state index contributed by atoms with van der Waals surface area (Å²) in [4.78, 5) is 8.83. The zero-order chi connectivity index (χ0) is 19.0. The number of nitrogens with zero attached hydrogens (tertiary/aromatic N) is 4. The van der Waals surface area contributed by atoms with Crippen molar-refractivity contribution in [1.29, 1.82) is 0 Å². The van der Waals surface area contributed by atoms with Crippen molar-refractivity contribution in [2.24, 2.45) is 0 Å². The number of benzene rings is 1. The molecule has 0 saturated heterocycles. The second-order valence-corrected chi connectivity index (χ2v) is 6.70. The van der Waals surface area contributed by atoms with E-state index in [2.05, 4.69) is 33.0 Å². The zero-order valence-electron chi connectivity index (χ0n) is 15.3. The summed E-state index contributed by atoms with van der Waals surface area (Å²) < 4.78 is 6.93. The molecule has 134 valence electrons. The molecule has 0 spiro atoms. The van der Waals surface area contributed by atoms with Crippen LogP contribution in [0.2, 0.25) is 0 Å². The first-order valence-electron chi connectivity index (χ1n) is 8.48. The van der Waals surface area contributed by atoms with Gasteiger partial charge >= 0.3 is 0 Å². The maximum absolute atomic E-state index is 9.91. The molecule has 1 N–H and O–H groups in total. The smallest absolute Gasteiger partial charge is 0.213 e. The minimum Gasteiger partial charge on any atom is -0.481 e. The van der Waals surface area contributed by atoms with Crippen molar-refractivity contribution >= 4 is 16.4 Å². The molecule has 0 aliphatic rings. The number of pyridine rings is 1. The quantitative estimate of drug-likeness (QED) is 0.558.